The van der Waals surface area contributed by atoms with Crippen LogP contribution in [0.5, 0.6) is 5.75 Å². The van der Waals surface area contributed by atoms with Crippen LogP contribution < -0.4 is 15.4 Å². The first-order valence-electron chi connectivity index (χ1n) is 6.71. The third-order valence-electron chi connectivity index (χ3n) is 2.87. The lowest BCUT2D eigenvalue weighted by Gasteiger charge is -2.22. The van der Waals surface area contributed by atoms with Gasteiger partial charge in [-0.25, -0.2) is 9.18 Å². The average molecular weight is 288 g/mol. The van der Waals surface area contributed by atoms with E-state index < -0.39 is 11.9 Å². The second kappa shape index (κ2) is 7.40. The molecule has 2 aromatic carbocycles. The average Bonchev–Trinajstić information content (AvgIpc) is 2.49. The summed E-state index contributed by atoms with van der Waals surface area (Å²) in [5.41, 5.74) is 5.93. The van der Waals surface area contributed by atoms with Crippen LogP contribution in [-0.4, -0.2) is 19.2 Å². The van der Waals surface area contributed by atoms with Crippen LogP contribution >= 0.6 is 0 Å². The van der Waals surface area contributed by atoms with Crippen LogP contribution in [0.15, 0.2) is 54.6 Å². The van der Waals surface area contributed by atoms with Gasteiger partial charge < -0.3 is 10.5 Å². The molecule has 0 saturated heterocycles. The van der Waals surface area contributed by atoms with Gasteiger partial charge in [0.25, 0.3) is 0 Å². The van der Waals surface area contributed by atoms with Crippen molar-refractivity contribution in [3.05, 3.63) is 60.4 Å². The summed E-state index contributed by atoms with van der Waals surface area (Å²) in [6.07, 6.45) is 0.0423. The minimum absolute atomic E-state index is 0.367. The Labute approximate surface area is 122 Å². The van der Waals surface area contributed by atoms with Crippen LogP contribution in [0.3, 0.4) is 0 Å². The Morgan fingerprint density at radius 1 is 1.14 bits per heavy atom. The molecular weight excluding hydrogens is 271 g/mol. The Bertz CT molecular complexity index is 590. The predicted octanol–water partition coefficient (Wildman–Crippen LogP) is 3.18. The molecule has 0 bridgehead atoms. The Hall–Kier alpha value is -2.40. The van der Waals surface area contributed by atoms with Crippen molar-refractivity contribution in [1.82, 2.24) is 0 Å². The summed E-state index contributed by atoms with van der Waals surface area (Å²) >= 11 is 0. The maximum absolute atomic E-state index is 13.3. The molecule has 0 aliphatic rings. The van der Waals surface area contributed by atoms with Crippen molar-refractivity contribution < 1.29 is 13.9 Å². The van der Waals surface area contributed by atoms with Crippen molar-refractivity contribution in [2.75, 3.05) is 18.0 Å². The first-order chi connectivity index (χ1) is 10.2. The van der Waals surface area contributed by atoms with Gasteiger partial charge in [-0.05, 0) is 43.3 Å². The number of halogens is 1. The SMILES string of the molecule is NCCCN(C(=O)Oc1ccccc1)c1cccc(F)c1. The van der Waals surface area contributed by atoms with Gasteiger partial charge in [0, 0.05) is 12.2 Å². The van der Waals surface area contributed by atoms with E-state index in [0.717, 1.165) is 0 Å². The summed E-state index contributed by atoms with van der Waals surface area (Å²) in [7, 11) is 0. The summed E-state index contributed by atoms with van der Waals surface area (Å²) in [5, 5.41) is 0. The van der Waals surface area contributed by atoms with Crippen molar-refractivity contribution in [2.24, 2.45) is 5.73 Å². The fourth-order valence-electron chi connectivity index (χ4n) is 1.86. The van der Waals surface area contributed by atoms with Crippen LogP contribution in [-0.2, 0) is 0 Å². The second-order valence-electron chi connectivity index (χ2n) is 4.45. The van der Waals surface area contributed by atoms with E-state index >= 15 is 0 Å². The van der Waals surface area contributed by atoms with Gasteiger partial charge in [-0.1, -0.05) is 24.3 Å². The largest absolute Gasteiger partial charge is 0.419 e. The van der Waals surface area contributed by atoms with E-state index in [0.29, 0.717) is 30.9 Å². The van der Waals surface area contributed by atoms with E-state index in [4.69, 9.17) is 10.5 Å². The standard InChI is InChI=1S/C16H17FN2O2/c17-13-6-4-7-14(12-13)19(11-5-10-18)16(20)21-15-8-2-1-3-9-15/h1-4,6-9,12H,5,10-11,18H2. The third kappa shape index (κ3) is 4.29. The molecule has 2 N–H and O–H groups in total. The summed E-state index contributed by atoms with van der Waals surface area (Å²) in [6.45, 7) is 0.802. The zero-order valence-electron chi connectivity index (χ0n) is 11.5. The topological polar surface area (TPSA) is 55.6 Å². The third-order valence-corrected chi connectivity index (χ3v) is 2.87. The van der Waals surface area contributed by atoms with Gasteiger partial charge in [-0.3, -0.25) is 4.90 Å². The fraction of sp³-hybridized carbons (Fsp3) is 0.188. The van der Waals surface area contributed by atoms with Crippen LogP contribution in [0.25, 0.3) is 0 Å². The number of nitrogens with two attached hydrogens (primary N) is 1. The van der Waals surface area contributed by atoms with E-state index in [1.165, 1.54) is 17.0 Å². The maximum atomic E-state index is 13.3. The highest BCUT2D eigenvalue weighted by Gasteiger charge is 2.18. The van der Waals surface area contributed by atoms with Crippen LogP contribution in [0.1, 0.15) is 6.42 Å². The highest BCUT2D eigenvalue weighted by Crippen LogP contribution is 2.18. The molecule has 5 heteroatoms. The predicted molar refractivity (Wildman–Crippen MR) is 79.9 cm³/mol. The fourth-order valence-corrected chi connectivity index (χ4v) is 1.86. The maximum Gasteiger partial charge on any atom is 0.419 e. The van der Waals surface area contributed by atoms with Crippen molar-refractivity contribution in [3.8, 4) is 5.75 Å². The number of carbonyl (C=O) groups is 1. The lowest BCUT2D eigenvalue weighted by molar-refractivity contribution is 0.207. The monoisotopic (exact) mass is 288 g/mol. The van der Waals surface area contributed by atoms with Gasteiger partial charge in [0.2, 0.25) is 0 Å². The van der Waals surface area contributed by atoms with E-state index in [-0.39, 0.29) is 0 Å². The molecule has 0 aliphatic heterocycles. The lowest BCUT2D eigenvalue weighted by Crippen LogP contribution is -2.35. The number of amides is 1. The molecule has 0 saturated carbocycles. The molecule has 0 heterocycles. The minimum Gasteiger partial charge on any atom is -0.410 e. The molecule has 4 nitrogen and oxygen atoms in total. The smallest absolute Gasteiger partial charge is 0.410 e. The molecule has 1 amide bonds. The zero-order valence-corrected chi connectivity index (χ0v) is 11.5. The van der Waals surface area contributed by atoms with E-state index in [2.05, 4.69) is 0 Å². The molecule has 0 aromatic heterocycles. The number of para-hydroxylation sites is 1. The molecular formula is C16H17FN2O2. The van der Waals surface area contributed by atoms with Crippen LogP contribution in [0.2, 0.25) is 0 Å². The molecule has 0 fully saturated rings. The summed E-state index contributed by atoms with van der Waals surface area (Å²) in [6, 6.07) is 14.6. The van der Waals surface area contributed by atoms with Gasteiger partial charge in [0.1, 0.15) is 11.6 Å². The van der Waals surface area contributed by atoms with Crippen LogP contribution in [0, 0.1) is 5.82 Å². The molecule has 0 spiro atoms. The van der Waals surface area contributed by atoms with Crippen molar-refractivity contribution in [3.63, 3.8) is 0 Å². The molecule has 0 radical (unpaired) electrons. The molecule has 21 heavy (non-hydrogen) atoms. The van der Waals surface area contributed by atoms with E-state index in [1.54, 1.807) is 36.4 Å². The second-order valence-corrected chi connectivity index (χ2v) is 4.45. The normalized spacial score (nSPS) is 10.2. The number of carbonyl (C=O) groups excluding carboxylic acids is 1. The van der Waals surface area contributed by atoms with Gasteiger partial charge in [-0.2, -0.15) is 0 Å². The van der Waals surface area contributed by atoms with Gasteiger partial charge in [-0.15, -0.1) is 0 Å². The Kier molecular flexibility index (Phi) is 5.29. The minimum atomic E-state index is -0.555. The highest BCUT2D eigenvalue weighted by molar-refractivity contribution is 5.89. The van der Waals surface area contributed by atoms with Crippen molar-refractivity contribution in [2.45, 2.75) is 6.42 Å². The Morgan fingerprint density at radius 3 is 2.57 bits per heavy atom. The first-order valence-corrected chi connectivity index (χ1v) is 6.71. The summed E-state index contributed by atoms with van der Waals surface area (Å²) < 4.78 is 18.6. The molecule has 2 rings (SSSR count). The number of rotatable bonds is 5. The van der Waals surface area contributed by atoms with E-state index in [9.17, 15) is 9.18 Å². The molecule has 2 aromatic rings. The molecule has 0 aliphatic carbocycles. The van der Waals surface area contributed by atoms with Gasteiger partial charge >= 0.3 is 6.09 Å². The number of hydrogen-bond acceptors (Lipinski definition) is 3. The number of ether oxygens (including phenoxy) is 1. The number of benzene rings is 2. The Balaban J connectivity index is 2.17. The lowest BCUT2D eigenvalue weighted by atomic mass is 10.2. The van der Waals surface area contributed by atoms with Gasteiger partial charge in [0.15, 0.2) is 0 Å². The zero-order chi connectivity index (χ0) is 15.1. The number of anilines is 1. The summed E-state index contributed by atoms with van der Waals surface area (Å²) in [4.78, 5) is 13.6. The first kappa shape index (κ1) is 15.0. The molecule has 0 atom stereocenters. The highest BCUT2D eigenvalue weighted by atomic mass is 19.1. The number of nitrogens with zero attached hydrogens (tertiary/aromatic N) is 1. The molecule has 0 unspecified atom stereocenters. The van der Waals surface area contributed by atoms with Crippen LogP contribution in [0.4, 0.5) is 14.9 Å². The summed E-state index contributed by atoms with van der Waals surface area (Å²) in [5.74, 6) is 0.0365. The van der Waals surface area contributed by atoms with Crippen molar-refractivity contribution >= 4 is 11.8 Å². The van der Waals surface area contributed by atoms with Crippen molar-refractivity contribution in [1.29, 1.82) is 0 Å². The number of hydrogen-bond donors (Lipinski definition) is 1. The van der Waals surface area contributed by atoms with E-state index in [1.807, 2.05) is 6.07 Å². The molecule has 110 valence electrons. The van der Waals surface area contributed by atoms with Gasteiger partial charge in [0.05, 0.1) is 0 Å². The quantitative estimate of drug-likeness (QED) is 0.919. The Morgan fingerprint density at radius 2 is 1.90 bits per heavy atom.